The molecule has 4 rings (SSSR count). The Bertz CT molecular complexity index is 725. The highest BCUT2D eigenvalue weighted by Crippen LogP contribution is 2.51. The van der Waals surface area contributed by atoms with Crippen molar-refractivity contribution in [1.29, 1.82) is 0 Å². The molecule has 1 aromatic heterocycles. The van der Waals surface area contributed by atoms with Crippen molar-refractivity contribution in [3.05, 3.63) is 18.0 Å². The number of fused-ring (bicyclic) bond motifs is 1. The summed E-state index contributed by atoms with van der Waals surface area (Å²) in [6.45, 7) is 2.61. The summed E-state index contributed by atoms with van der Waals surface area (Å²) in [5, 5.41) is 12.2. The molecule has 1 aliphatic heterocycles. The molecule has 3 aliphatic rings. The second kappa shape index (κ2) is 8.62. The number of carbonyl (C=O) groups is 2. The van der Waals surface area contributed by atoms with Gasteiger partial charge in [0.1, 0.15) is 6.04 Å². The predicted molar refractivity (Wildman–Crippen MR) is 104 cm³/mol. The van der Waals surface area contributed by atoms with Gasteiger partial charge in [0.2, 0.25) is 5.95 Å². The van der Waals surface area contributed by atoms with Crippen LogP contribution in [0.4, 0.5) is 5.95 Å². The van der Waals surface area contributed by atoms with Crippen LogP contribution < -0.4 is 15.7 Å². The van der Waals surface area contributed by atoms with Crippen LogP contribution in [0.5, 0.6) is 0 Å². The molecule has 3 N–H and O–H groups in total. The van der Waals surface area contributed by atoms with Crippen LogP contribution in [0.15, 0.2) is 12.4 Å². The number of hydrogen-bond acceptors (Lipinski definition) is 8. The van der Waals surface area contributed by atoms with Gasteiger partial charge in [0.05, 0.1) is 12.7 Å². The highest BCUT2D eigenvalue weighted by atomic mass is 16.5. The van der Waals surface area contributed by atoms with E-state index in [0.29, 0.717) is 29.6 Å². The lowest BCUT2D eigenvalue weighted by Gasteiger charge is -2.29. The van der Waals surface area contributed by atoms with Crippen LogP contribution in [0.2, 0.25) is 0 Å². The van der Waals surface area contributed by atoms with E-state index in [-0.39, 0.29) is 17.6 Å². The third-order valence-corrected chi connectivity index (χ3v) is 6.81. The Morgan fingerprint density at radius 1 is 1.21 bits per heavy atom. The van der Waals surface area contributed by atoms with Gasteiger partial charge in [-0.1, -0.05) is 19.3 Å². The quantitative estimate of drug-likeness (QED) is 0.351. The zero-order valence-electron chi connectivity index (χ0n) is 16.7. The molecular weight excluding hydrogens is 374 g/mol. The maximum atomic E-state index is 12.3. The molecule has 0 spiro atoms. The van der Waals surface area contributed by atoms with Crippen molar-refractivity contribution in [3.63, 3.8) is 0 Å². The van der Waals surface area contributed by atoms with E-state index in [1.54, 1.807) is 5.48 Å². The van der Waals surface area contributed by atoms with E-state index in [4.69, 9.17) is 9.94 Å². The first kappa shape index (κ1) is 20.0. The fourth-order valence-electron chi connectivity index (χ4n) is 5.08. The number of amides is 1. The molecule has 9 nitrogen and oxygen atoms in total. The Morgan fingerprint density at radius 3 is 2.45 bits per heavy atom. The molecule has 2 saturated carbocycles. The van der Waals surface area contributed by atoms with Gasteiger partial charge in [-0.25, -0.2) is 15.4 Å². The number of ether oxygens (including phenoxy) is 1. The average Bonchev–Trinajstić information content (AvgIpc) is 3.22. The number of nitrogens with one attached hydrogen (secondary N) is 2. The highest BCUT2D eigenvalue weighted by Gasteiger charge is 2.56. The predicted octanol–water partition coefficient (Wildman–Crippen LogP) is 0.989. The number of hydroxylamine groups is 1. The molecule has 2 unspecified atom stereocenters. The van der Waals surface area contributed by atoms with Gasteiger partial charge >= 0.3 is 5.97 Å². The normalized spacial score (nSPS) is 27.2. The van der Waals surface area contributed by atoms with Gasteiger partial charge in [-0.15, -0.1) is 0 Å². The summed E-state index contributed by atoms with van der Waals surface area (Å²) < 4.78 is 5.05. The number of rotatable bonds is 7. The van der Waals surface area contributed by atoms with E-state index in [9.17, 15) is 9.59 Å². The molecule has 0 radical (unpaired) electrons. The molecule has 158 valence electrons. The SMILES string of the molecule is COC(=O)[C@@H](NCC1C2CN(c3ncc(C(=O)NO)cn3)CC12)C1CCCCC1. The van der Waals surface area contributed by atoms with Crippen molar-refractivity contribution in [3.8, 4) is 0 Å². The summed E-state index contributed by atoms with van der Waals surface area (Å²) in [5.41, 5.74) is 1.80. The average molecular weight is 403 g/mol. The summed E-state index contributed by atoms with van der Waals surface area (Å²) in [7, 11) is 1.47. The number of methoxy groups -OCH3 is 1. The molecule has 0 aromatic carbocycles. The molecular formula is C20H29N5O4. The summed E-state index contributed by atoms with van der Waals surface area (Å²) >= 11 is 0. The fraction of sp³-hybridized carbons (Fsp3) is 0.700. The topological polar surface area (TPSA) is 117 Å². The van der Waals surface area contributed by atoms with Crippen molar-refractivity contribution in [1.82, 2.24) is 20.8 Å². The van der Waals surface area contributed by atoms with Crippen molar-refractivity contribution in [2.45, 2.75) is 38.1 Å². The Hall–Kier alpha value is -2.26. The number of hydrogen-bond donors (Lipinski definition) is 3. The third-order valence-electron chi connectivity index (χ3n) is 6.81. The minimum absolute atomic E-state index is 0.134. The Labute approximate surface area is 170 Å². The lowest BCUT2D eigenvalue weighted by Crippen LogP contribution is -2.45. The molecule has 1 amide bonds. The monoisotopic (exact) mass is 403 g/mol. The first-order chi connectivity index (χ1) is 14.1. The van der Waals surface area contributed by atoms with Gasteiger partial charge < -0.3 is 15.0 Å². The molecule has 29 heavy (non-hydrogen) atoms. The zero-order chi connectivity index (χ0) is 20.4. The van der Waals surface area contributed by atoms with E-state index < -0.39 is 5.91 Å². The van der Waals surface area contributed by atoms with E-state index in [1.807, 2.05) is 0 Å². The Balaban J connectivity index is 1.27. The number of piperidine rings is 1. The Kier molecular flexibility index (Phi) is 5.96. The van der Waals surface area contributed by atoms with Gasteiger partial charge in [-0.05, 0) is 43.1 Å². The first-order valence-electron chi connectivity index (χ1n) is 10.4. The number of aromatic nitrogens is 2. The third kappa shape index (κ3) is 4.20. The first-order valence-corrected chi connectivity index (χ1v) is 10.4. The molecule has 2 aliphatic carbocycles. The van der Waals surface area contributed by atoms with Crippen molar-refractivity contribution in [2.75, 3.05) is 31.6 Å². The minimum atomic E-state index is -0.620. The summed E-state index contributed by atoms with van der Waals surface area (Å²) in [6.07, 6.45) is 8.69. The van der Waals surface area contributed by atoms with Gasteiger partial charge in [-0.2, -0.15) is 0 Å². The van der Waals surface area contributed by atoms with E-state index in [1.165, 1.54) is 38.8 Å². The second-order valence-corrected chi connectivity index (χ2v) is 8.42. The highest BCUT2D eigenvalue weighted by molar-refractivity contribution is 5.92. The van der Waals surface area contributed by atoms with Gasteiger partial charge in [0, 0.05) is 25.5 Å². The van der Waals surface area contributed by atoms with Crippen molar-refractivity contribution in [2.24, 2.45) is 23.7 Å². The largest absolute Gasteiger partial charge is 0.468 e. The lowest BCUT2D eigenvalue weighted by atomic mass is 9.84. The van der Waals surface area contributed by atoms with Crippen LogP contribution in [0.1, 0.15) is 42.5 Å². The lowest BCUT2D eigenvalue weighted by molar-refractivity contribution is -0.145. The van der Waals surface area contributed by atoms with Gasteiger partial charge in [-0.3, -0.25) is 14.8 Å². The van der Waals surface area contributed by atoms with Crippen LogP contribution in [0.3, 0.4) is 0 Å². The van der Waals surface area contributed by atoms with E-state index in [2.05, 4.69) is 20.2 Å². The van der Waals surface area contributed by atoms with Crippen LogP contribution >= 0.6 is 0 Å². The van der Waals surface area contributed by atoms with Crippen LogP contribution in [-0.2, 0) is 9.53 Å². The number of carbonyl (C=O) groups excluding carboxylic acids is 2. The summed E-state index contributed by atoms with van der Waals surface area (Å²) in [4.78, 5) is 34.3. The number of nitrogens with zero attached hydrogens (tertiary/aromatic N) is 3. The number of anilines is 1. The van der Waals surface area contributed by atoms with E-state index >= 15 is 0 Å². The molecule has 9 heteroatoms. The summed E-state index contributed by atoms with van der Waals surface area (Å²) in [5.74, 6) is 1.96. The van der Waals surface area contributed by atoms with E-state index in [0.717, 1.165) is 32.5 Å². The maximum absolute atomic E-state index is 12.3. The zero-order valence-corrected chi connectivity index (χ0v) is 16.7. The summed E-state index contributed by atoms with van der Waals surface area (Å²) in [6, 6.07) is -0.189. The van der Waals surface area contributed by atoms with Crippen molar-refractivity contribution < 1.29 is 19.5 Å². The molecule has 0 bridgehead atoms. The number of esters is 1. The molecule has 3 fully saturated rings. The molecule has 1 aromatic rings. The molecule has 2 heterocycles. The molecule has 1 saturated heterocycles. The fourth-order valence-corrected chi connectivity index (χ4v) is 5.08. The smallest absolute Gasteiger partial charge is 0.323 e. The standard InChI is InChI=1S/C20H29N5O4/c1-29-19(27)17(12-5-3-2-4-6-12)21-9-14-15-10-25(11-16(14)15)20-22-7-13(8-23-20)18(26)24-28/h7-8,12,14-17,21,28H,2-6,9-11H2,1H3,(H,24,26)/t14?,15?,16?,17-/m0/s1. The van der Waals surface area contributed by atoms with Crippen LogP contribution in [0, 0.1) is 23.7 Å². The minimum Gasteiger partial charge on any atom is -0.468 e. The van der Waals surface area contributed by atoms with Gasteiger partial charge in [0.15, 0.2) is 0 Å². The second-order valence-electron chi connectivity index (χ2n) is 8.42. The van der Waals surface area contributed by atoms with Crippen LogP contribution in [0.25, 0.3) is 0 Å². The maximum Gasteiger partial charge on any atom is 0.323 e. The van der Waals surface area contributed by atoms with Crippen LogP contribution in [-0.4, -0.2) is 59.8 Å². The van der Waals surface area contributed by atoms with Crippen molar-refractivity contribution >= 4 is 17.8 Å². The van der Waals surface area contributed by atoms with Gasteiger partial charge in [0.25, 0.3) is 5.91 Å². The Morgan fingerprint density at radius 2 is 1.86 bits per heavy atom. The molecule has 3 atom stereocenters.